The van der Waals surface area contributed by atoms with Gasteiger partial charge in [-0.3, -0.25) is 0 Å². The number of nitrogens with two attached hydrogens (primary N) is 1. The normalized spacial score (nSPS) is 23.9. The summed E-state index contributed by atoms with van der Waals surface area (Å²) in [4.78, 5) is 4.41. The van der Waals surface area contributed by atoms with E-state index in [1.165, 1.54) is 12.8 Å². The molecule has 2 aromatic rings. The van der Waals surface area contributed by atoms with Crippen LogP contribution in [0.3, 0.4) is 0 Å². The van der Waals surface area contributed by atoms with Crippen molar-refractivity contribution in [2.75, 3.05) is 5.73 Å². The fraction of sp³-hybridized carbons (Fsp3) is 0.417. The first-order valence-electron chi connectivity index (χ1n) is 5.63. The van der Waals surface area contributed by atoms with Gasteiger partial charge in [0, 0.05) is 10.5 Å². The summed E-state index contributed by atoms with van der Waals surface area (Å²) in [6.45, 7) is 2.23. The minimum atomic E-state index is 0.566. The highest BCUT2D eigenvalue weighted by Gasteiger charge is 2.38. The average molecular weight is 280 g/mol. The number of hydrogen-bond acceptors (Lipinski definition) is 2. The number of halogens is 1. The van der Waals surface area contributed by atoms with Gasteiger partial charge in [-0.2, -0.15) is 0 Å². The van der Waals surface area contributed by atoms with Crippen molar-refractivity contribution in [2.24, 2.45) is 5.92 Å². The first-order valence-corrected chi connectivity index (χ1v) is 6.43. The van der Waals surface area contributed by atoms with Crippen LogP contribution in [0.4, 0.5) is 5.95 Å². The molecule has 3 rings (SSSR count). The lowest BCUT2D eigenvalue weighted by Crippen LogP contribution is -2.02. The number of imidazole rings is 1. The third-order valence-corrected chi connectivity index (χ3v) is 3.91. The molecule has 16 heavy (non-hydrogen) atoms. The van der Waals surface area contributed by atoms with Crippen LogP contribution in [0.5, 0.6) is 0 Å². The van der Waals surface area contributed by atoms with Crippen molar-refractivity contribution in [1.82, 2.24) is 9.55 Å². The molecular formula is C12H14BrN3. The first-order chi connectivity index (χ1) is 7.70. The van der Waals surface area contributed by atoms with Crippen LogP contribution in [-0.2, 0) is 0 Å². The van der Waals surface area contributed by atoms with Crippen LogP contribution in [0.25, 0.3) is 11.0 Å². The third kappa shape index (κ3) is 1.44. The molecule has 1 saturated carbocycles. The zero-order chi connectivity index (χ0) is 11.3. The molecule has 1 heterocycles. The summed E-state index contributed by atoms with van der Waals surface area (Å²) in [7, 11) is 0. The Bertz CT molecular complexity index is 546. The van der Waals surface area contributed by atoms with Crippen molar-refractivity contribution in [3.05, 3.63) is 22.7 Å². The highest BCUT2D eigenvalue weighted by molar-refractivity contribution is 9.10. The average Bonchev–Trinajstić information content (AvgIpc) is 2.94. The van der Waals surface area contributed by atoms with Gasteiger partial charge in [0.2, 0.25) is 5.95 Å². The van der Waals surface area contributed by atoms with Crippen molar-refractivity contribution in [1.29, 1.82) is 0 Å². The molecule has 2 unspecified atom stereocenters. The Morgan fingerprint density at radius 2 is 2.38 bits per heavy atom. The predicted octanol–water partition coefficient (Wildman–Crippen LogP) is 3.35. The van der Waals surface area contributed by atoms with E-state index in [2.05, 4.69) is 38.5 Å². The Hall–Kier alpha value is -1.03. The lowest BCUT2D eigenvalue weighted by atomic mass is 10.3. The number of aromatic nitrogens is 2. The number of nitrogens with zero attached hydrogens (tertiary/aromatic N) is 2. The van der Waals surface area contributed by atoms with E-state index in [1.807, 2.05) is 12.1 Å². The number of fused-ring (bicyclic) bond motifs is 1. The molecule has 0 radical (unpaired) electrons. The molecule has 2 N–H and O–H groups in total. The second-order valence-corrected chi connectivity index (χ2v) is 5.36. The SMILES string of the molecule is CCC1CC1n1c(N)nc2cc(Br)ccc21. The van der Waals surface area contributed by atoms with E-state index >= 15 is 0 Å². The zero-order valence-corrected chi connectivity index (χ0v) is 10.7. The monoisotopic (exact) mass is 279 g/mol. The van der Waals surface area contributed by atoms with Crippen LogP contribution in [0.1, 0.15) is 25.8 Å². The van der Waals surface area contributed by atoms with E-state index in [9.17, 15) is 0 Å². The van der Waals surface area contributed by atoms with Gasteiger partial charge in [-0.15, -0.1) is 0 Å². The number of hydrogen-bond donors (Lipinski definition) is 1. The number of anilines is 1. The zero-order valence-electron chi connectivity index (χ0n) is 9.15. The largest absolute Gasteiger partial charge is 0.369 e. The fourth-order valence-corrected chi connectivity index (χ4v) is 2.77. The van der Waals surface area contributed by atoms with Gasteiger partial charge in [0.05, 0.1) is 11.0 Å². The highest BCUT2D eigenvalue weighted by Crippen LogP contribution is 2.48. The van der Waals surface area contributed by atoms with E-state index in [1.54, 1.807) is 0 Å². The molecule has 2 atom stereocenters. The maximum atomic E-state index is 6.00. The molecule has 1 fully saturated rings. The molecule has 1 aliphatic rings. The summed E-state index contributed by atoms with van der Waals surface area (Å²) in [5.74, 6) is 1.43. The van der Waals surface area contributed by atoms with E-state index in [0.29, 0.717) is 12.0 Å². The first kappa shape index (κ1) is 10.1. The van der Waals surface area contributed by atoms with Crippen LogP contribution in [0.15, 0.2) is 22.7 Å². The number of benzene rings is 1. The molecule has 1 aromatic heterocycles. The van der Waals surface area contributed by atoms with Crippen LogP contribution >= 0.6 is 15.9 Å². The molecule has 3 nitrogen and oxygen atoms in total. The quantitative estimate of drug-likeness (QED) is 0.916. The van der Waals surface area contributed by atoms with E-state index < -0.39 is 0 Å². The summed E-state index contributed by atoms with van der Waals surface area (Å²) in [5, 5.41) is 0. The van der Waals surface area contributed by atoms with Gasteiger partial charge in [-0.05, 0) is 30.5 Å². The standard InChI is InChI=1S/C12H14BrN3/c1-2-7-5-11(7)16-10-4-3-8(13)6-9(10)15-12(16)14/h3-4,6-7,11H,2,5H2,1H3,(H2,14,15). The van der Waals surface area contributed by atoms with Crippen LogP contribution < -0.4 is 5.73 Å². The topological polar surface area (TPSA) is 43.8 Å². The maximum absolute atomic E-state index is 6.00. The smallest absolute Gasteiger partial charge is 0.201 e. The van der Waals surface area contributed by atoms with E-state index in [-0.39, 0.29) is 0 Å². The summed E-state index contributed by atoms with van der Waals surface area (Å²) >= 11 is 3.45. The summed E-state index contributed by atoms with van der Waals surface area (Å²) in [5.41, 5.74) is 8.13. The molecule has 0 amide bonds. The molecule has 1 aliphatic carbocycles. The molecule has 84 valence electrons. The van der Waals surface area contributed by atoms with Crippen LogP contribution in [0, 0.1) is 5.92 Å². The Morgan fingerprint density at radius 3 is 3.06 bits per heavy atom. The second-order valence-electron chi connectivity index (χ2n) is 4.44. The van der Waals surface area contributed by atoms with Crippen LogP contribution in [-0.4, -0.2) is 9.55 Å². The Labute approximate surface area is 103 Å². The molecule has 0 bridgehead atoms. The van der Waals surface area contributed by atoms with Gasteiger partial charge >= 0.3 is 0 Å². The Kier molecular flexibility index (Phi) is 2.21. The summed E-state index contributed by atoms with van der Waals surface area (Å²) < 4.78 is 3.24. The Balaban J connectivity index is 2.13. The van der Waals surface area contributed by atoms with Crippen molar-refractivity contribution < 1.29 is 0 Å². The minimum Gasteiger partial charge on any atom is -0.369 e. The van der Waals surface area contributed by atoms with Gasteiger partial charge < -0.3 is 10.3 Å². The summed E-state index contributed by atoms with van der Waals surface area (Å²) in [6, 6.07) is 6.72. The lowest BCUT2D eigenvalue weighted by Gasteiger charge is -2.04. The van der Waals surface area contributed by atoms with Crippen molar-refractivity contribution >= 4 is 32.9 Å². The number of nitrogen functional groups attached to an aromatic ring is 1. The maximum Gasteiger partial charge on any atom is 0.201 e. The number of rotatable bonds is 2. The molecule has 0 aliphatic heterocycles. The third-order valence-electron chi connectivity index (χ3n) is 3.42. The van der Waals surface area contributed by atoms with Gasteiger partial charge in [0.25, 0.3) is 0 Å². The van der Waals surface area contributed by atoms with Crippen LogP contribution in [0.2, 0.25) is 0 Å². The lowest BCUT2D eigenvalue weighted by molar-refractivity contribution is 0.661. The molecule has 1 aromatic carbocycles. The van der Waals surface area contributed by atoms with Crippen molar-refractivity contribution in [2.45, 2.75) is 25.8 Å². The van der Waals surface area contributed by atoms with Gasteiger partial charge in [-0.25, -0.2) is 4.98 Å². The minimum absolute atomic E-state index is 0.566. The highest BCUT2D eigenvalue weighted by atomic mass is 79.9. The molecule has 4 heteroatoms. The Morgan fingerprint density at radius 1 is 1.56 bits per heavy atom. The van der Waals surface area contributed by atoms with E-state index in [0.717, 1.165) is 21.4 Å². The molecular weight excluding hydrogens is 266 g/mol. The molecule has 0 spiro atoms. The van der Waals surface area contributed by atoms with Crippen molar-refractivity contribution in [3.63, 3.8) is 0 Å². The van der Waals surface area contributed by atoms with Gasteiger partial charge in [0.1, 0.15) is 0 Å². The van der Waals surface area contributed by atoms with Gasteiger partial charge in [-0.1, -0.05) is 29.3 Å². The molecule has 0 saturated heterocycles. The predicted molar refractivity (Wildman–Crippen MR) is 69.3 cm³/mol. The van der Waals surface area contributed by atoms with E-state index in [4.69, 9.17) is 5.73 Å². The second kappa shape index (κ2) is 3.48. The summed E-state index contributed by atoms with van der Waals surface area (Å²) in [6.07, 6.45) is 2.46. The van der Waals surface area contributed by atoms with Crippen molar-refractivity contribution in [3.8, 4) is 0 Å². The van der Waals surface area contributed by atoms with Gasteiger partial charge in [0.15, 0.2) is 0 Å². The fourth-order valence-electron chi connectivity index (χ4n) is 2.43.